The van der Waals surface area contributed by atoms with Crippen molar-refractivity contribution in [2.24, 2.45) is 10.8 Å². The Hall–Kier alpha value is -0.870. The molecule has 4 heteroatoms. The number of rotatable bonds is 3. The number of amidine groups is 1. The molecule has 0 atom stereocenters. The molecule has 1 aromatic heterocycles. The minimum atomic E-state index is 0.495. The molecule has 1 aliphatic rings. The van der Waals surface area contributed by atoms with Crippen LogP contribution >= 0.6 is 11.3 Å². The minimum Gasteiger partial charge on any atom is -0.312 e. The largest absolute Gasteiger partial charge is 0.312 e. The van der Waals surface area contributed by atoms with Gasteiger partial charge < -0.3 is 5.43 Å². The lowest BCUT2D eigenvalue weighted by Crippen LogP contribution is -2.32. The highest BCUT2D eigenvalue weighted by atomic mass is 32.1. The molecule has 0 saturated heterocycles. The average Bonchev–Trinajstić information content (AvgIpc) is 2.89. The molecule has 15 heavy (non-hydrogen) atoms. The standard InChI is InChI=1S/C11H17N3S/c12-14-11(7-9-5-6-15-8-9)13-10-3-1-2-4-10/h5-6,8,10H,1-4,7,12H2,(H,13,14). The van der Waals surface area contributed by atoms with Crippen molar-refractivity contribution >= 4 is 17.2 Å². The predicted molar refractivity (Wildman–Crippen MR) is 65.0 cm³/mol. The van der Waals surface area contributed by atoms with E-state index in [1.165, 1.54) is 31.2 Å². The molecule has 2 rings (SSSR count). The number of nitrogens with two attached hydrogens (primary N) is 1. The Balaban J connectivity index is 1.96. The smallest absolute Gasteiger partial charge is 0.115 e. The van der Waals surface area contributed by atoms with Gasteiger partial charge in [-0.05, 0) is 35.2 Å². The van der Waals surface area contributed by atoms with E-state index in [9.17, 15) is 0 Å². The van der Waals surface area contributed by atoms with Gasteiger partial charge in [0.25, 0.3) is 0 Å². The highest BCUT2D eigenvalue weighted by Crippen LogP contribution is 2.21. The van der Waals surface area contributed by atoms with E-state index in [1.54, 1.807) is 11.3 Å². The molecule has 1 aromatic rings. The van der Waals surface area contributed by atoms with Crippen molar-refractivity contribution in [2.45, 2.75) is 38.1 Å². The third-order valence-electron chi connectivity index (χ3n) is 2.78. The lowest BCUT2D eigenvalue weighted by molar-refractivity contribution is 0.697. The number of nitrogens with one attached hydrogen (secondary N) is 1. The van der Waals surface area contributed by atoms with Crippen LogP contribution in [0.1, 0.15) is 31.2 Å². The molecule has 0 bridgehead atoms. The van der Waals surface area contributed by atoms with Crippen LogP contribution in [0.2, 0.25) is 0 Å². The zero-order valence-electron chi connectivity index (χ0n) is 8.78. The molecule has 3 N–H and O–H groups in total. The number of hydrazine groups is 1. The average molecular weight is 223 g/mol. The molecule has 0 aliphatic heterocycles. The lowest BCUT2D eigenvalue weighted by atomic mass is 10.2. The van der Waals surface area contributed by atoms with Gasteiger partial charge in [0.05, 0.1) is 6.04 Å². The first-order valence-corrected chi connectivity index (χ1v) is 6.37. The highest BCUT2D eigenvalue weighted by molar-refractivity contribution is 7.07. The van der Waals surface area contributed by atoms with Crippen molar-refractivity contribution in [3.63, 3.8) is 0 Å². The van der Waals surface area contributed by atoms with Crippen LogP contribution in [0.15, 0.2) is 21.8 Å². The molecule has 3 nitrogen and oxygen atoms in total. The van der Waals surface area contributed by atoms with Gasteiger partial charge in [0.1, 0.15) is 5.84 Å². The monoisotopic (exact) mass is 223 g/mol. The number of hydrogen-bond acceptors (Lipinski definition) is 3. The first-order chi connectivity index (χ1) is 7.38. The van der Waals surface area contributed by atoms with Gasteiger partial charge >= 0.3 is 0 Å². The van der Waals surface area contributed by atoms with E-state index in [1.807, 2.05) is 0 Å². The van der Waals surface area contributed by atoms with Gasteiger partial charge in [0.2, 0.25) is 0 Å². The zero-order valence-corrected chi connectivity index (χ0v) is 9.59. The van der Waals surface area contributed by atoms with Gasteiger partial charge in [-0.25, -0.2) is 5.84 Å². The van der Waals surface area contributed by atoms with Crippen LogP contribution in [-0.2, 0) is 6.42 Å². The van der Waals surface area contributed by atoms with Gasteiger partial charge in [-0.15, -0.1) is 0 Å². The Kier molecular flexibility index (Phi) is 3.75. The van der Waals surface area contributed by atoms with E-state index in [2.05, 4.69) is 27.2 Å². The molecule has 0 unspecified atom stereocenters. The van der Waals surface area contributed by atoms with Crippen LogP contribution < -0.4 is 11.3 Å². The predicted octanol–water partition coefficient (Wildman–Crippen LogP) is 2.09. The minimum absolute atomic E-state index is 0.495. The van der Waals surface area contributed by atoms with Crippen LogP contribution in [0.5, 0.6) is 0 Å². The van der Waals surface area contributed by atoms with Crippen LogP contribution in [0.25, 0.3) is 0 Å². The van der Waals surface area contributed by atoms with Gasteiger partial charge in [0, 0.05) is 6.42 Å². The molecular formula is C11H17N3S. The molecule has 0 aromatic carbocycles. The van der Waals surface area contributed by atoms with E-state index in [0.29, 0.717) is 6.04 Å². The quantitative estimate of drug-likeness (QED) is 0.357. The van der Waals surface area contributed by atoms with Gasteiger partial charge in [-0.3, -0.25) is 4.99 Å². The topological polar surface area (TPSA) is 50.4 Å². The Morgan fingerprint density at radius 1 is 1.53 bits per heavy atom. The zero-order chi connectivity index (χ0) is 10.5. The van der Waals surface area contributed by atoms with Gasteiger partial charge in [0.15, 0.2) is 0 Å². The summed E-state index contributed by atoms with van der Waals surface area (Å²) in [7, 11) is 0. The maximum atomic E-state index is 5.49. The van der Waals surface area contributed by atoms with Crippen molar-refractivity contribution in [1.82, 2.24) is 5.43 Å². The number of thiophene rings is 1. The summed E-state index contributed by atoms with van der Waals surface area (Å²) in [6.45, 7) is 0. The SMILES string of the molecule is NNC(Cc1ccsc1)=NC1CCCC1. The third-order valence-corrected chi connectivity index (χ3v) is 3.51. The fraction of sp³-hybridized carbons (Fsp3) is 0.545. The molecular weight excluding hydrogens is 206 g/mol. The van der Waals surface area contributed by atoms with Crippen molar-refractivity contribution in [3.8, 4) is 0 Å². The van der Waals surface area contributed by atoms with Crippen LogP contribution in [0, 0.1) is 0 Å². The summed E-state index contributed by atoms with van der Waals surface area (Å²) in [5.41, 5.74) is 4.01. The molecule has 1 fully saturated rings. The molecule has 0 radical (unpaired) electrons. The highest BCUT2D eigenvalue weighted by Gasteiger charge is 2.14. The van der Waals surface area contributed by atoms with E-state index >= 15 is 0 Å². The maximum Gasteiger partial charge on any atom is 0.115 e. The summed E-state index contributed by atoms with van der Waals surface area (Å²) < 4.78 is 0. The number of aliphatic imine (C=N–C) groups is 1. The van der Waals surface area contributed by atoms with Crippen LogP contribution in [-0.4, -0.2) is 11.9 Å². The van der Waals surface area contributed by atoms with E-state index < -0.39 is 0 Å². The maximum absolute atomic E-state index is 5.49. The molecule has 82 valence electrons. The molecule has 0 spiro atoms. The first kappa shape index (κ1) is 10.6. The lowest BCUT2D eigenvalue weighted by Gasteiger charge is -2.08. The second-order valence-corrected chi connectivity index (χ2v) is 4.75. The first-order valence-electron chi connectivity index (χ1n) is 5.43. The summed E-state index contributed by atoms with van der Waals surface area (Å²) in [5, 5.41) is 4.22. The molecule has 1 saturated carbocycles. The van der Waals surface area contributed by atoms with Crippen molar-refractivity contribution < 1.29 is 0 Å². The molecule has 1 heterocycles. The van der Waals surface area contributed by atoms with E-state index in [0.717, 1.165) is 12.3 Å². The summed E-state index contributed by atoms with van der Waals surface area (Å²) in [4.78, 5) is 4.65. The summed E-state index contributed by atoms with van der Waals surface area (Å²) >= 11 is 1.71. The third kappa shape index (κ3) is 3.04. The Bertz CT molecular complexity index is 313. The second-order valence-electron chi connectivity index (χ2n) is 3.97. The van der Waals surface area contributed by atoms with Crippen LogP contribution in [0.3, 0.4) is 0 Å². The number of hydrogen-bond donors (Lipinski definition) is 2. The van der Waals surface area contributed by atoms with E-state index in [4.69, 9.17) is 5.84 Å². The number of nitrogens with zero attached hydrogens (tertiary/aromatic N) is 1. The Morgan fingerprint density at radius 3 is 2.93 bits per heavy atom. The fourth-order valence-corrected chi connectivity index (χ4v) is 2.64. The van der Waals surface area contributed by atoms with E-state index in [-0.39, 0.29) is 0 Å². The Labute approximate surface area is 94.4 Å². The van der Waals surface area contributed by atoms with Gasteiger partial charge in [-0.2, -0.15) is 11.3 Å². The van der Waals surface area contributed by atoms with Crippen molar-refractivity contribution in [1.29, 1.82) is 0 Å². The molecule has 1 aliphatic carbocycles. The van der Waals surface area contributed by atoms with Gasteiger partial charge in [-0.1, -0.05) is 12.8 Å². The Morgan fingerprint density at radius 2 is 2.33 bits per heavy atom. The van der Waals surface area contributed by atoms with Crippen LogP contribution in [0.4, 0.5) is 0 Å². The molecule has 0 amide bonds. The summed E-state index contributed by atoms with van der Waals surface area (Å²) in [5.74, 6) is 6.41. The summed E-state index contributed by atoms with van der Waals surface area (Å²) in [6.07, 6.45) is 5.88. The normalized spacial score (nSPS) is 18.3. The second kappa shape index (κ2) is 5.28. The fourth-order valence-electron chi connectivity index (χ4n) is 1.97. The van der Waals surface area contributed by atoms with Crippen molar-refractivity contribution in [3.05, 3.63) is 22.4 Å². The summed E-state index contributed by atoms with van der Waals surface area (Å²) in [6, 6.07) is 2.61. The van der Waals surface area contributed by atoms with Crippen molar-refractivity contribution in [2.75, 3.05) is 0 Å².